The zero-order valence-electron chi connectivity index (χ0n) is 13.3. The zero-order valence-corrected chi connectivity index (χ0v) is 14.8. The number of hydrogen-bond acceptors (Lipinski definition) is 4. The molecule has 0 bridgehead atoms. The van der Waals surface area contributed by atoms with Gasteiger partial charge in [-0.15, -0.1) is 0 Å². The lowest BCUT2D eigenvalue weighted by Gasteiger charge is -2.12. The summed E-state index contributed by atoms with van der Waals surface area (Å²) in [7, 11) is -3.33. The molecule has 2 aromatic carbocycles. The van der Waals surface area contributed by atoms with Crippen LogP contribution < -0.4 is 0 Å². The SMILES string of the molecule is CS(=O)(=O)c1ccc(/C(=C2\CCOC2=O)c2ccc(F)c(Cl)c2)cc1. The lowest BCUT2D eigenvalue weighted by atomic mass is 9.92. The molecule has 0 unspecified atom stereocenters. The molecule has 0 radical (unpaired) electrons. The summed E-state index contributed by atoms with van der Waals surface area (Å²) >= 11 is 5.88. The number of halogens is 2. The Hall–Kier alpha value is -2.18. The first-order valence-corrected chi connectivity index (χ1v) is 9.70. The summed E-state index contributed by atoms with van der Waals surface area (Å²) in [4.78, 5) is 12.2. The van der Waals surface area contributed by atoms with E-state index in [1.807, 2.05) is 0 Å². The Morgan fingerprint density at radius 2 is 1.76 bits per heavy atom. The summed E-state index contributed by atoms with van der Waals surface area (Å²) in [5, 5.41) is -0.0604. The number of ether oxygens (including phenoxy) is 1. The Morgan fingerprint density at radius 1 is 1.12 bits per heavy atom. The van der Waals surface area contributed by atoms with Crippen molar-refractivity contribution in [1.82, 2.24) is 0 Å². The predicted molar refractivity (Wildman–Crippen MR) is 92.6 cm³/mol. The van der Waals surface area contributed by atoms with Crippen LogP contribution in [-0.4, -0.2) is 27.2 Å². The van der Waals surface area contributed by atoms with Crippen molar-refractivity contribution in [3.63, 3.8) is 0 Å². The van der Waals surface area contributed by atoms with Crippen LogP contribution in [0.2, 0.25) is 5.02 Å². The third-order valence-electron chi connectivity index (χ3n) is 3.91. The Bertz CT molecular complexity index is 979. The van der Waals surface area contributed by atoms with E-state index in [4.69, 9.17) is 16.3 Å². The molecule has 0 atom stereocenters. The molecule has 0 amide bonds. The molecule has 25 heavy (non-hydrogen) atoms. The van der Waals surface area contributed by atoms with Crippen LogP contribution in [0.15, 0.2) is 52.9 Å². The van der Waals surface area contributed by atoms with E-state index in [1.165, 1.54) is 30.3 Å². The van der Waals surface area contributed by atoms with Crippen LogP contribution in [0.4, 0.5) is 4.39 Å². The van der Waals surface area contributed by atoms with Gasteiger partial charge in [0, 0.05) is 18.2 Å². The average molecular weight is 381 g/mol. The van der Waals surface area contributed by atoms with Crippen LogP contribution in [0, 0.1) is 5.82 Å². The second kappa shape index (κ2) is 6.61. The number of esters is 1. The topological polar surface area (TPSA) is 60.4 Å². The highest BCUT2D eigenvalue weighted by atomic mass is 35.5. The molecule has 0 aromatic heterocycles. The molecule has 0 saturated carbocycles. The van der Waals surface area contributed by atoms with E-state index in [-0.39, 0.29) is 16.5 Å². The maximum Gasteiger partial charge on any atom is 0.334 e. The molecule has 3 rings (SSSR count). The van der Waals surface area contributed by atoms with Gasteiger partial charge in [0.1, 0.15) is 5.82 Å². The van der Waals surface area contributed by atoms with Gasteiger partial charge in [0.25, 0.3) is 0 Å². The number of carbonyl (C=O) groups is 1. The minimum absolute atomic E-state index is 0.0604. The zero-order chi connectivity index (χ0) is 18.2. The number of sulfone groups is 1. The highest BCUT2D eigenvalue weighted by Crippen LogP contribution is 2.33. The van der Waals surface area contributed by atoms with E-state index in [0.29, 0.717) is 28.7 Å². The standard InChI is InChI=1S/C18H14ClFO4S/c1-25(22,23)13-5-2-11(3-6-13)17(14-8-9-24-18(14)21)12-4-7-16(20)15(19)10-12/h2-7,10H,8-9H2,1H3/b17-14-. The lowest BCUT2D eigenvalue weighted by Crippen LogP contribution is -2.02. The van der Waals surface area contributed by atoms with E-state index in [9.17, 15) is 17.6 Å². The van der Waals surface area contributed by atoms with Crippen LogP contribution in [0.25, 0.3) is 5.57 Å². The van der Waals surface area contributed by atoms with Crippen molar-refractivity contribution in [2.45, 2.75) is 11.3 Å². The van der Waals surface area contributed by atoms with Crippen molar-refractivity contribution in [3.8, 4) is 0 Å². The van der Waals surface area contributed by atoms with Crippen molar-refractivity contribution in [2.24, 2.45) is 0 Å². The molecule has 1 saturated heterocycles. The first-order chi connectivity index (χ1) is 11.8. The minimum atomic E-state index is -3.33. The van der Waals surface area contributed by atoms with Gasteiger partial charge in [0.15, 0.2) is 9.84 Å². The molecule has 1 aliphatic heterocycles. The Kier molecular flexibility index (Phi) is 4.67. The van der Waals surface area contributed by atoms with Crippen molar-refractivity contribution in [1.29, 1.82) is 0 Å². The maximum atomic E-state index is 13.5. The van der Waals surface area contributed by atoms with Gasteiger partial charge in [-0.05, 0) is 41.0 Å². The fourth-order valence-corrected chi connectivity index (χ4v) is 3.51. The smallest absolute Gasteiger partial charge is 0.334 e. The number of cyclic esters (lactones) is 1. The second-order valence-electron chi connectivity index (χ2n) is 5.66. The predicted octanol–water partition coefficient (Wildman–Crippen LogP) is 3.63. The molecular weight excluding hydrogens is 367 g/mol. The van der Waals surface area contributed by atoms with Gasteiger partial charge in [0.05, 0.1) is 16.5 Å². The fraction of sp³-hybridized carbons (Fsp3) is 0.167. The first kappa shape index (κ1) is 17.6. The Morgan fingerprint density at radius 3 is 2.28 bits per heavy atom. The molecule has 4 nitrogen and oxygen atoms in total. The van der Waals surface area contributed by atoms with Crippen molar-refractivity contribution in [2.75, 3.05) is 12.9 Å². The van der Waals surface area contributed by atoms with Crippen molar-refractivity contribution in [3.05, 3.63) is 70.0 Å². The summed E-state index contributed by atoms with van der Waals surface area (Å²) in [6.07, 6.45) is 1.53. The van der Waals surface area contributed by atoms with Gasteiger partial charge in [-0.1, -0.05) is 29.8 Å². The van der Waals surface area contributed by atoms with E-state index < -0.39 is 21.6 Å². The summed E-state index contributed by atoms with van der Waals surface area (Å²) < 4.78 is 41.8. The molecule has 0 aliphatic carbocycles. The summed E-state index contributed by atoms with van der Waals surface area (Å²) in [5.74, 6) is -1.00. The van der Waals surface area contributed by atoms with E-state index in [1.54, 1.807) is 12.1 Å². The van der Waals surface area contributed by atoms with Gasteiger partial charge in [-0.2, -0.15) is 0 Å². The van der Waals surface area contributed by atoms with Gasteiger partial charge in [0.2, 0.25) is 0 Å². The molecule has 1 heterocycles. The van der Waals surface area contributed by atoms with Crippen molar-refractivity contribution < 1.29 is 22.3 Å². The average Bonchev–Trinajstić information content (AvgIpc) is 2.97. The molecule has 0 spiro atoms. The van der Waals surface area contributed by atoms with Gasteiger partial charge in [-0.25, -0.2) is 17.6 Å². The number of rotatable bonds is 3. The highest BCUT2D eigenvalue weighted by Gasteiger charge is 2.25. The number of carbonyl (C=O) groups excluding carboxylic acids is 1. The normalized spacial score (nSPS) is 16.7. The number of benzene rings is 2. The van der Waals surface area contributed by atoms with E-state index >= 15 is 0 Å². The molecule has 130 valence electrons. The third-order valence-corrected chi connectivity index (χ3v) is 5.33. The van der Waals surface area contributed by atoms with Crippen LogP contribution in [0.3, 0.4) is 0 Å². The number of hydrogen-bond donors (Lipinski definition) is 0. The van der Waals surface area contributed by atoms with Crippen LogP contribution in [0.5, 0.6) is 0 Å². The molecule has 1 aliphatic rings. The molecular formula is C18H14ClFO4S. The molecule has 1 fully saturated rings. The molecule has 0 N–H and O–H groups in total. The quantitative estimate of drug-likeness (QED) is 0.602. The summed E-state index contributed by atoms with van der Waals surface area (Å²) in [5.41, 5.74) is 2.20. The van der Waals surface area contributed by atoms with Crippen molar-refractivity contribution >= 4 is 33.0 Å². The summed E-state index contributed by atoms with van der Waals surface area (Å²) in [6, 6.07) is 10.4. The molecule has 2 aromatic rings. The van der Waals surface area contributed by atoms with Crippen LogP contribution >= 0.6 is 11.6 Å². The first-order valence-electron chi connectivity index (χ1n) is 7.43. The van der Waals surface area contributed by atoms with E-state index in [0.717, 1.165) is 6.26 Å². The monoisotopic (exact) mass is 380 g/mol. The highest BCUT2D eigenvalue weighted by molar-refractivity contribution is 7.90. The lowest BCUT2D eigenvalue weighted by molar-refractivity contribution is -0.135. The van der Waals surface area contributed by atoms with Gasteiger partial charge >= 0.3 is 5.97 Å². The largest absolute Gasteiger partial charge is 0.462 e. The second-order valence-corrected chi connectivity index (χ2v) is 8.09. The Labute approximate surface area is 149 Å². The summed E-state index contributed by atoms with van der Waals surface area (Å²) in [6.45, 7) is 0.272. The van der Waals surface area contributed by atoms with Crippen LogP contribution in [0.1, 0.15) is 17.5 Å². The van der Waals surface area contributed by atoms with Gasteiger partial charge < -0.3 is 4.74 Å². The van der Waals surface area contributed by atoms with Gasteiger partial charge in [-0.3, -0.25) is 0 Å². The fourth-order valence-electron chi connectivity index (χ4n) is 2.70. The third kappa shape index (κ3) is 3.60. The minimum Gasteiger partial charge on any atom is -0.462 e. The Balaban J connectivity index is 2.19. The maximum absolute atomic E-state index is 13.5. The molecule has 7 heteroatoms. The van der Waals surface area contributed by atoms with Crippen LogP contribution in [-0.2, 0) is 19.4 Å². The van der Waals surface area contributed by atoms with E-state index in [2.05, 4.69) is 0 Å².